The smallest absolute Gasteiger partial charge is 0.0547 e. The van der Waals surface area contributed by atoms with Crippen LogP contribution in [0.25, 0.3) is 0 Å². The van der Waals surface area contributed by atoms with Crippen LogP contribution in [-0.4, -0.2) is 29.2 Å². The van der Waals surface area contributed by atoms with Gasteiger partial charge in [-0.25, -0.2) is 0 Å². The highest BCUT2D eigenvalue weighted by atomic mass is 35.5. The molecule has 1 fully saturated rings. The number of likely N-dealkylation sites (tertiary alicyclic amines) is 1. The van der Waals surface area contributed by atoms with Crippen molar-refractivity contribution in [2.24, 2.45) is 5.92 Å². The SMILES string of the molecule is C[C@H](O)[C@@H]1CCN(Cc2ccccc2)C[C@H]1c1ccc(Cl)cc1. The zero-order chi connectivity index (χ0) is 16.2. The maximum atomic E-state index is 10.2. The molecule has 0 amide bonds. The van der Waals surface area contributed by atoms with Gasteiger partial charge in [0.1, 0.15) is 0 Å². The minimum Gasteiger partial charge on any atom is -0.393 e. The number of nitrogens with zero attached hydrogens (tertiary/aromatic N) is 1. The lowest BCUT2D eigenvalue weighted by atomic mass is 9.78. The fourth-order valence-corrected chi connectivity index (χ4v) is 3.79. The third-order valence-corrected chi connectivity index (χ3v) is 5.17. The molecule has 2 aromatic rings. The van der Waals surface area contributed by atoms with Crippen LogP contribution in [0.5, 0.6) is 0 Å². The van der Waals surface area contributed by atoms with Gasteiger partial charge in [-0.15, -0.1) is 0 Å². The Hall–Kier alpha value is -1.35. The molecular formula is C20H24ClNO. The Balaban J connectivity index is 1.77. The molecule has 3 rings (SSSR count). The van der Waals surface area contributed by atoms with Gasteiger partial charge >= 0.3 is 0 Å². The fraction of sp³-hybridized carbons (Fsp3) is 0.400. The van der Waals surface area contributed by atoms with Crippen molar-refractivity contribution in [2.45, 2.75) is 31.9 Å². The van der Waals surface area contributed by atoms with Gasteiger partial charge in [-0.05, 0) is 49.1 Å². The molecule has 0 spiro atoms. The summed E-state index contributed by atoms with van der Waals surface area (Å²) in [4.78, 5) is 2.49. The lowest BCUT2D eigenvalue weighted by Crippen LogP contribution is -2.42. The maximum Gasteiger partial charge on any atom is 0.0547 e. The van der Waals surface area contributed by atoms with E-state index in [1.54, 1.807) is 0 Å². The molecule has 3 heteroatoms. The van der Waals surface area contributed by atoms with Gasteiger partial charge in [-0.1, -0.05) is 54.1 Å². The standard InChI is InChI=1S/C20H24ClNO/c1-15(23)19-11-12-22(13-16-5-3-2-4-6-16)14-20(19)17-7-9-18(21)10-8-17/h2-10,15,19-20,23H,11-14H2,1H3/t15-,19-,20-/m0/s1. The molecule has 1 saturated heterocycles. The zero-order valence-corrected chi connectivity index (χ0v) is 14.3. The highest BCUT2D eigenvalue weighted by Gasteiger charge is 2.33. The van der Waals surface area contributed by atoms with Gasteiger partial charge in [0.15, 0.2) is 0 Å². The van der Waals surface area contributed by atoms with Crippen LogP contribution in [0.3, 0.4) is 0 Å². The van der Waals surface area contributed by atoms with Crippen molar-refractivity contribution in [1.29, 1.82) is 0 Å². The predicted octanol–water partition coefficient (Wildman–Crippen LogP) is 4.33. The molecule has 2 aromatic carbocycles. The molecule has 122 valence electrons. The summed E-state index contributed by atoms with van der Waals surface area (Å²) in [5.41, 5.74) is 2.62. The lowest BCUT2D eigenvalue weighted by molar-refractivity contribution is 0.0520. The summed E-state index contributed by atoms with van der Waals surface area (Å²) in [6.07, 6.45) is 0.743. The van der Waals surface area contributed by atoms with Crippen molar-refractivity contribution in [1.82, 2.24) is 4.90 Å². The average molecular weight is 330 g/mol. The van der Waals surface area contributed by atoms with Gasteiger partial charge in [0, 0.05) is 24.0 Å². The Morgan fingerprint density at radius 2 is 1.83 bits per heavy atom. The Kier molecular flexibility index (Phi) is 5.37. The zero-order valence-electron chi connectivity index (χ0n) is 13.5. The van der Waals surface area contributed by atoms with Crippen molar-refractivity contribution < 1.29 is 5.11 Å². The van der Waals surface area contributed by atoms with Crippen molar-refractivity contribution in [3.8, 4) is 0 Å². The van der Waals surface area contributed by atoms with Gasteiger partial charge in [0.25, 0.3) is 0 Å². The summed E-state index contributed by atoms with van der Waals surface area (Å²) in [6.45, 7) is 4.90. The minimum absolute atomic E-state index is 0.283. The number of aliphatic hydroxyl groups is 1. The third kappa shape index (κ3) is 4.14. The van der Waals surface area contributed by atoms with Crippen LogP contribution in [-0.2, 0) is 6.54 Å². The number of hydrogen-bond donors (Lipinski definition) is 1. The second kappa shape index (κ2) is 7.48. The van der Waals surface area contributed by atoms with E-state index in [-0.39, 0.29) is 6.10 Å². The molecule has 3 atom stereocenters. The minimum atomic E-state index is -0.283. The summed E-state index contributed by atoms with van der Waals surface area (Å²) in [7, 11) is 0. The number of rotatable bonds is 4. The number of aliphatic hydroxyl groups excluding tert-OH is 1. The van der Waals surface area contributed by atoms with Crippen LogP contribution in [0.2, 0.25) is 5.02 Å². The predicted molar refractivity (Wildman–Crippen MR) is 95.7 cm³/mol. The largest absolute Gasteiger partial charge is 0.393 e. The first-order valence-electron chi connectivity index (χ1n) is 8.33. The van der Waals surface area contributed by atoms with Gasteiger partial charge in [-0.3, -0.25) is 4.90 Å². The van der Waals surface area contributed by atoms with Crippen LogP contribution in [0.15, 0.2) is 54.6 Å². The number of piperidine rings is 1. The summed E-state index contributed by atoms with van der Waals surface area (Å²) >= 11 is 6.03. The first-order chi connectivity index (χ1) is 11.1. The summed E-state index contributed by atoms with van der Waals surface area (Å²) < 4.78 is 0. The number of halogens is 1. The van der Waals surface area contributed by atoms with Crippen LogP contribution < -0.4 is 0 Å². The van der Waals surface area contributed by atoms with Gasteiger partial charge in [0.2, 0.25) is 0 Å². The molecule has 1 aliphatic heterocycles. The van der Waals surface area contributed by atoms with E-state index in [2.05, 4.69) is 47.4 Å². The molecule has 0 aromatic heterocycles. The van der Waals surface area contributed by atoms with Crippen molar-refractivity contribution in [3.63, 3.8) is 0 Å². The Bertz CT molecular complexity index is 611. The summed E-state index contributed by atoms with van der Waals surface area (Å²) in [6, 6.07) is 18.7. The van der Waals surface area contributed by atoms with Gasteiger partial charge in [0.05, 0.1) is 6.10 Å². The molecule has 0 saturated carbocycles. The molecule has 2 nitrogen and oxygen atoms in total. The van der Waals surface area contributed by atoms with Gasteiger partial charge < -0.3 is 5.11 Å². The Morgan fingerprint density at radius 1 is 1.13 bits per heavy atom. The fourth-order valence-electron chi connectivity index (χ4n) is 3.66. The summed E-state index contributed by atoms with van der Waals surface area (Å²) in [5, 5.41) is 11.0. The van der Waals surface area contributed by atoms with E-state index in [9.17, 15) is 5.11 Å². The monoisotopic (exact) mass is 329 g/mol. The van der Waals surface area contributed by atoms with E-state index < -0.39 is 0 Å². The van der Waals surface area contributed by atoms with E-state index >= 15 is 0 Å². The first-order valence-corrected chi connectivity index (χ1v) is 8.71. The van der Waals surface area contributed by atoms with E-state index in [0.29, 0.717) is 11.8 Å². The molecule has 23 heavy (non-hydrogen) atoms. The van der Waals surface area contributed by atoms with Crippen LogP contribution in [0.4, 0.5) is 0 Å². The van der Waals surface area contributed by atoms with Crippen molar-refractivity contribution in [2.75, 3.05) is 13.1 Å². The van der Waals surface area contributed by atoms with Crippen LogP contribution in [0, 0.1) is 5.92 Å². The van der Waals surface area contributed by atoms with E-state index in [1.165, 1.54) is 11.1 Å². The Morgan fingerprint density at radius 3 is 2.48 bits per heavy atom. The normalized spacial score (nSPS) is 23.6. The highest BCUT2D eigenvalue weighted by Crippen LogP contribution is 2.35. The third-order valence-electron chi connectivity index (χ3n) is 4.92. The van der Waals surface area contributed by atoms with E-state index in [1.807, 2.05) is 19.1 Å². The lowest BCUT2D eigenvalue weighted by Gasteiger charge is -2.40. The Labute approximate surface area is 143 Å². The van der Waals surface area contributed by atoms with Crippen molar-refractivity contribution >= 4 is 11.6 Å². The average Bonchev–Trinajstić information content (AvgIpc) is 2.56. The van der Waals surface area contributed by atoms with Crippen LogP contribution >= 0.6 is 11.6 Å². The van der Waals surface area contributed by atoms with Crippen LogP contribution in [0.1, 0.15) is 30.4 Å². The molecular weight excluding hydrogens is 306 g/mol. The topological polar surface area (TPSA) is 23.5 Å². The number of hydrogen-bond acceptors (Lipinski definition) is 2. The van der Waals surface area contributed by atoms with E-state index in [0.717, 1.165) is 31.1 Å². The van der Waals surface area contributed by atoms with Crippen molar-refractivity contribution in [3.05, 3.63) is 70.7 Å². The molecule has 0 unspecified atom stereocenters. The van der Waals surface area contributed by atoms with Gasteiger partial charge in [-0.2, -0.15) is 0 Å². The molecule has 1 N–H and O–H groups in total. The molecule has 1 heterocycles. The van der Waals surface area contributed by atoms with E-state index in [4.69, 9.17) is 11.6 Å². The second-order valence-corrected chi connectivity index (χ2v) is 7.01. The summed E-state index contributed by atoms with van der Waals surface area (Å²) in [5.74, 6) is 0.660. The molecule has 1 aliphatic rings. The maximum absolute atomic E-state index is 10.2. The molecule has 0 aliphatic carbocycles. The second-order valence-electron chi connectivity index (χ2n) is 6.57. The highest BCUT2D eigenvalue weighted by molar-refractivity contribution is 6.30. The quantitative estimate of drug-likeness (QED) is 0.902. The molecule has 0 radical (unpaired) electrons. The molecule has 0 bridgehead atoms. The number of benzene rings is 2. The first kappa shape index (κ1) is 16.5.